The Morgan fingerprint density at radius 1 is 1.15 bits per heavy atom. The van der Waals surface area contributed by atoms with Crippen LogP contribution in [0.4, 0.5) is 5.69 Å². The maximum absolute atomic E-state index is 12.3. The summed E-state index contributed by atoms with van der Waals surface area (Å²) in [6, 6.07) is 12.6. The Balaban J connectivity index is 1.64. The van der Waals surface area contributed by atoms with Crippen LogP contribution in [0.2, 0.25) is 0 Å². The molecule has 1 heterocycles. The van der Waals surface area contributed by atoms with E-state index in [1.54, 1.807) is 31.2 Å². The molecule has 1 atom stereocenters. The van der Waals surface area contributed by atoms with E-state index >= 15 is 0 Å². The number of nitrogens with one attached hydrogen (secondary N) is 2. The van der Waals surface area contributed by atoms with Crippen LogP contribution in [-0.2, 0) is 9.59 Å². The summed E-state index contributed by atoms with van der Waals surface area (Å²) < 4.78 is 5.51. The number of hydrazine groups is 1. The third kappa shape index (κ3) is 3.59. The number of hydrogen-bond acceptors (Lipinski definition) is 5. The van der Waals surface area contributed by atoms with Gasteiger partial charge in [-0.3, -0.25) is 30.1 Å². The lowest BCUT2D eigenvalue weighted by atomic mass is 10.2. The van der Waals surface area contributed by atoms with Crippen molar-refractivity contribution in [3.8, 4) is 11.5 Å². The van der Waals surface area contributed by atoms with E-state index in [0.717, 1.165) is 0 Å². The first kappa shape index (κ1) is 17.3. The van der Waals surface area contributed by atoms with Crippen molar-refractivity contribution in [1.29, 1.82) is 0 Å². The molecule has 0 radical (unpaired) electrons. The minimum absolute atomic E-state index is 0.0616. The molecule has 2 aromatic carbocycles. The molecule has 3 rings (SSSR count). The van der Waals surface area contributed by atoms with Gasteiger partial charge < -0.3 is 9.84 Å². The van der Waals surface area contributed by atoms with Crippen LogP contribution in [0.5, 0.6) is 11.5 Å². The van der Waals surface area contributed by atoms with E-state index in [1.807, 2.05) is 0 Å². The Hall–Kier alpha value is -3.55. The van der Waals surface area contributed by atoms with Crippen LogP contribution in [-0.4, -0.2) is 35.5 Å². The van der Waals surface area contributed by atoms with Crippen LogP contribution in [0, 0.1) is 0 Å². The summed E-state index contributed by atoms with van der Waals surface area (Å²) in [6.07, 6.45) is -0.709. The summed E-state index contributed by atoms with van der Waals surface area (Å²) in [5.41, 5.74) is 5.18. The molecule has 134 valence electrons. The minimum atomic E-state index is -0.709. The third-order valence-electron chi connectivity index (χ3n) is 3.80. The lowest BCUT2D eigenvalue weighted by molar-refractivity contribution is -0.128. The summed E-state index contributed by atoms with van der Waals surface area (Å²) in [5.74, 6) is -1.06. The highest BCUT2D eigenvalue weighted by molar-refractivity contribution is 6.04. The molecule has 2 aromatic rings. The van der Waals surface area contributed by atoms with Crippen molar-refractivity contribution in [1.82, 2.24) is 10.9 Å². The molecule has 0 aliphatic carbocycles. The number of ether oxygens (including phenoxy) is 1. The number of rotatable bonds is 3. The lowest BCUT2D eigenvalue weighted by Crippen LogP contribution is -2.51. The third-order valence-corrected chi connectivity index (χ3v) is 3.80. The van der Waals surface area contributed by atoms with Gasteiger partial charge in [-0.05, 0) is 37.3 Å². The standard InChI is InChI=1S/C18H17N3O5/c1-11-18(25)21(14-7-2-3-8-15(14)26-11)10-16(23)19-20-17(24)12-5-4-6-13(22)9-12/h2-9,11,22H,10H2,1H3,(H,19,23)(H,20,24). The van der Waals surface area contributed by atoms with Gasteiger partial charge in [-0.1, -0.05) is 18.2 Å². The molecular weight excluding hydrogens is 338 g/mol. The number of phenolic OH excluding ortho intramolecular Hbond substituents is 1. The molecule has 8 nitrogen and oxygen atoms in total. The number of fused-ring (bicyclic) bond motifs is 1. The first-order valence-corrected chi connectivity index (χ1v) is 7.91. The second-order valence-corrected chi connectivity index (χ2v) is 5.70. The number of hydrogen-bond donors (Lipinski definition) is 3. The van der Waals surface area contributed by atoms with E-state index in [9.17, 15) is 19.5 Å². The van der Waals surface area contributed by atoms with Gasteiger partial charge in [0.2, 0.25) is 0 Å². The SMILES string of the molecule is CC1Oc2ccccc2N(CC(=O)NNC(=O)c2cccc(O)c2)C1=O. The number of carbonyl (C=O) groups excluding carboxylic acids is 3. The summed E-state index contributed by atoms with van der Waals surface area (Å²) in [4.78, 5) is 37.8. The van der Waals surface area contributed by atoms with Crippen molar-refractivity contribution < 1.29 is 24.2 Å². The molecule has 1 unspecified atom stereocenters. The molecule has 26 heavy (non-hydrogen) atoms. The monoisotopic (exact) mass is 355 g/mol. The van der Waals surface area contributed by atoms with Gasteiger partial charge in [0.25, 0.3) is 17.7 Å². The Morgan fingerprint density at radius 2 is 1.92 bits per heavy atom. The summed E-state index contributed by atoms with van der Waals surface area (Å²) in [5, 5.41) is 9.38. The van der Waals surface area contributed by atoms with Crippen LogP contribution >= 0.6 is 0 Å². The number of nitrogens with zero attached hydrogens (tertiary/aromatic N) is 1. The Labute approximate surface area is 149 Å². The molecular formula is C18H17N3O5. The number of carbonyl (C=O) groups is 3. The highest BCUT2D eigenvalue weighted by atomic mass is 16.5. The summed E-state index contributed by atoms with van der Waals surface area (Å²) >= 11 is 0. The molecule has 0 saturated carbocycles. The smallest absolute Gasteiger partial charge is 0.269 e. The van der Waals surface area contributed by atoms with Gasteiger partial charge in [-0.2, -0.15) is 0 Å². The van der Waals surface area contributed by atoms with Gasteiger partial charge >= 0.3 is 0 Å². The van der Waals surface area contributed by atoms with Crippen molar-refractivity contribution >= 4 is 23.4 Å². The van der Waals surface area contributed by atoms with Crippen molar-refractivity contribution in [2.75, 3.05) is 11.4 Å². The zero-order chi connectivity index (χ0) is 18.7. The Morgan fingerprint density at radius 3 is 2.69 bits per heavy atom. The number of para-hydroxylation sites is 2. The van der Waals surface area contributed by atoms with Gasteiger partial charge in [0.05, 0.1) is 5.69 Å². The van der Waals surface area contributed by atoms with Gasteiger partial charge in [0, 0.05) is 5.56 Å². The van der Waals surface area contributed by atoms with E-state index in [2.05, 4.69) is 10.9 Å². The average Bonchev–Trinajstić information content (AvgIpc) is 2.63. The fourth-order valence-electron chi connectivity index (χ4n) is 2.55. The van der Waals surface area contributed by atoms with E-state index in [0.29, 0.717) is 11.4 Å². The first-order valence-electron chi connectivity index (χ1n) is 7.91. The van der Waals surface area contributed by atoms with Gasteiger partial charge in [-0.15, -0.1) is 0 Å². The molecule has 0 fully saturated rings. The van der Waals surface area contributed by atoms with Gasteiger partial charge in [-0.25, -0.2) is 0 Å². The van der Waals surface area contributed by atoms with Crippen molar-refractivity contribution in [3.63, 3.8) is 0 Å². The Bertz CT molecular complexity index is 867. The topological polar surface area (TPSA) is 108 Å². The normalized spacial score (nSPS) is 15.7. The van der Waals surface area contributed by atoms with Crippen LogP contribution in [0.3, 0.4) is 0 Å². The zero-order valence-corrected chi connectivity index (χ0v) is 13.9. The molecule has 1 aliphatic rings. The Kier molecular flexibility index (Phi) is 4.74. The highest BCUT2D eigenvalue weighted by Crippen LogP contribution is 2.33. The van der Waals surface area contributed by atoms with E-state index in [4.69, 9.17) is 4.74 Å². The maximum Gasteiger partial charge on any atom is 0.269 e. The minimum Gasteiger partial charge on any atom is -0.508 e. The second-order valence-electron chi connectivity index (χ2n) is 5.70. The number of anilines is 1. The molecule has 0 bridgehead atoms. The zero-order valence-electron chi connectivity index (χ0n) is 13.9. The molecule has 0 aromatic heterocycles. The largest absolute Gasteiger partial charge is 0.508 e. The average molecular weight is 355 g/mol. The molecule has 8 heteroatoms. The van der Waals surface area contributed by atoms with Crippen LogP contribution in [0.1, 0.15) is 17.3 Å². The van der Waals surface area contributed by atoms with Gasteiger partial charge in [0.1, 0.15) is 18.0 Å². The van der Waals surface area contributed by atoms with E-state index in [1.165, 1.54) is 29.2 Å². The quantitative estimate of drug-likeness (QED) is 0.711. The first-order chi connectivity index (χ1) is 12.5. The highest BCUT2D eigenvalue weighted by Gasteiger charge is 2.32. The predicted octanol–water partition coefficient (Wildman–Crippen LogP) is 0.967. The van der Waals surface area contributed by atoms with E-state index in [-0.39, 0.29) is 23.8 Å². The second kappa shape index (κ2) is 7.14. The molecule has 3 N–H and O–H groups in total. The summed E-state index contributed by atoms with van der Waals surface area (Å²) in [7, 11) is 0. The van der Waals surface area contributed by atoms with E-state index < -0.39 is 17.9 Å². The van der Waals surface area contributed by atoms with Gasteiger partial charge in [0.15, 0.2) is 6.10 Å². The number of phenols is 1. The summed E-state index contributed by atoms with van der Waals surface area (Å²) in [6.45, 7) is 1.33. The lowest BCUT2D eigenvalue weighted by Gasteiger charge is -2.32. The maximum atomic E-state index is 12.3. The van der Waals surface area contributed by atoms with Crippen molar-refractivity contribution in [2.24, 2.45) is 0 Å². The van der Waals surface area contributed by atoms with Crippen LogP contribution < -0.4 is 20.5 Å². The molecule has 0 spiro atoms. The number of aromatic hydroxyl groups is 1. The van der Waals surface area contributed by atoms with Crippen LogP contribution in [0.25, 0.3) is 0 Å². The molecule has 1 aliphatic heterocycles. The fourth-order valence-corrected chi connectivity index (χ4v) is 2.55. The van der Waals surface area contributed by atoms with Crippen molar-refractivity contribution in [3.05, 3.63) is 54.1 Å². The number of amides is 3. The predicted molar refractivity (Wildman–Crippen MR) is 92.6 cm³/mol. The number of benzene rings is 2. The van der Waals surface area contributed by atoms with Crippen molar-refractivity contribution in [2.45, 2.75) is 13.0 Å². The van der Waals surface area contributed by atoms with Crippen LogP contribution in [0.15, 0.2) is 48.5 Å². The fraction of sp³-hybridized carbons (Fsp3) is 0.167. The molecule has 0 saturated heterocycles. The molecule has 3 amide bonds.